The summed E-state index contributed by atoms with van der Waals surface area (Å²) in [6.45, 7) is 0. The van der Waals surface area contributed by atoms with E-state index in [0.717, 1.165) is 4.47 Å². The summed E-state index contributed by atoms with van der Waals surface area (Å²) < 4.78 is 39.2. The fraction of sp³-hybridized carbons (Fsp3) is 0.250. The van der Waals surface area contributed by atoms with Crippen molar-refractivity contribution in [1.82, 2.24) is 19.7 Å². The molecule has 2 aromatic heterocycles. The third-order valence-corrected chi connectivity index (χ3v) is 2.39. The lowest BCUT2D eigenvalue weighted by molar-refractivity contribution is -0.144. The zero-order valence-corrected chi connectivity index (χ0v) is 9.59. The summed E-state index contributed by atoms with van der Waals surface area (Å²) in [5.41, 5.74) is 0.499. The monoisotopic (exact) mass is 294 g/mol. The van der Waals surface area contributed by atoms with Crippen LogP contribution in [0.4, 0.5) is 13.2 Å². The average Bonchev–Trinajstić information content (AvgIpc) is 2.70. The van der Waals surface area contributed by atoms with Gasteiger partial charge in [0.25, 0.3) is 0 Å². The highest BCUT2D eigenvalue weighted by atomic mass is 79.9. The molecule has 0 fully saturated rings. The topological polar surface area (TPSA) is 46.5 Å². The van der Waals surface area contributed by atoms with E-state index >= 15 is 0 Å². The number of nitrogens with zero attached hydrogens (tertiary/aromatic N) is 3. The third kappa shape index (κ3) is 1.97. The maximum atomic E-state index is 12.3. The Morgan fingerprint density at radius 2 is 2.12 bits per heavy atom. The molecule has 2 rings (SSSR count). The first kappa shape index (κ1) is 11.2. The molecule has 0 aromatic carbocycles. The van der Waals surface area contributed by atoms with Gasteiger partial charge in [0.2, 0.25) is 5.82 Å². The Morgan fingerprint density at radius 3 is 2.56 bits per heavy atom. The minimum absolute atomic E-state index is 0.0144. The van der Waals surface area contributed by atoms with Gasteiger partial charge >= 0.3 is 6.18 Å². The van der Waals surface area contributed by atoms with Gasteiger partial charge in [0.15, 0.2) is 5.82 Å². The highest BCUT2D eigenvalue weighted by Gasteiger charge is 2.35. The molecule has 0 bridgehead atoms. The van der Waals surface area contributed by atoms with E-state index in [1.165, 1.54) is 0 Å². The van der Waals surface area contributed by atoms with E-state index in [1.54, 1.807) is 23.9 Å². The summed E-state index contributed by atoms with van der Waals surface area (Å²) in [5.74, 6) is -1.08. The predicted octanol–water partition coefficient (Wildman–Crippen LogP) is 2.59. The zero-order valence-electron chi connectivity index (χ0n) is 8.01. The van der Waals surface area contributed by atoms with Crippen LogP contribution in [0.25, 0.3) is 11.5 Å². The van der Waals surface area contributed by atoms with Crippen molar-refractivity contribution in [2.45, 2.75) is 6.18 Å². The molecule has 0 aliphatic carbocycles. The van der Waals surface area contributed by atoms with E-state index in [1.807, 2.05) is 5.10 Å². The summed E-state index contributed by atoms with van der Waals surface area (Å²) >= 11 is 3.22. The van der Waals surface area contributed by atoms with Gasteiger partial charge < -0.3 is 4.57 Å². The summed E-state index contributed by atoms with van der Waals surface area (Å²) in [5, 5.41) is 5.40. The van der Waals surface area contributed by atoms with Gasteiger partial charge in [-0.15, -0.1) is 0 Å². The number of nitrogens with one attached hydrogen (secondary N) is 1. The Balaban J connectivity index is 2.43. The number of hydrogen-bond acceptors (Lipinski definition) is 2. The molecule has 0 amide bonds. The summed E-state index contributed by atoms with van der Waals surface area (Å²) in [6, 6.07) is 1.64. The second-order valence-corrected chi connectivity index (χ2v) is 4.08. The van der Waals surface area contributed by atoms with Crippen LogP contribution >= 0.6 is 15.9 Å². The van der Waals surface area contributed by atoms with Gasteiger partial charge in [-0.1, -0.05) is 0 Å². The van der Waals surface area contributed by atoms with Crippen LogP contribution in [0.2, 0.25) is 0 Å². The van der Waals surface area contributed by atoms with E-state index < -0.39 is 12.0 Å². The molecule has 1 N–H and O–H groups in total. The Labute approximate surface area is 96.6 Å². The van der Waals surface area contributed by atoms with Gasteiger partial charge in [0.05, 0.1) is 5.69 Å². The van der Waals surface area contributed by atoms with Crippen molar-refractivity contribution in [3.8, 4) is 11.5 Å². The Hall–Kier alpha value is -1.31. The van der Waals surface area contributed by atoms with E-state index in [-0.39, 0.29) is 5.82 Å². The summed E-state index contributed by atoms with van der Waals surface area (Å²) in [7, 11) is 1.70. The van der Waals surface area contributed by atoms with Crippen molar-refractivity contribution in [3.05, 3.63) is 22.6 Å². The van der Waals surface area contributed by atoms with Crippen LogP contribution in [0.15, 0.2) is 16.7 Å². The third-order valence-electron chi connectivity index (χ3n) is 1.95. The number of H-pyrrole nitrogens is 1. The minimum atomic E-state index is -4.51. The second-order valence-electron chi connectivity index (χ2n) is 3.16. The SMILES string of the molecule is Cn1cc(Br)cc1-c1n[nH]c(C(F)(F)F)n1. The van der Waals surface area contributed by atoms with Crippen LogP contribution in [0.1, 0.15) is 5.82 Å². The molecule has 86 valence electrons. The fourth-order valence-corrected chi connectivity index (χ4v) is 1.77. The number of aromatic nitrogens is 4. The van der Waals surface area contributed by atoms with Gasteiger partial charge in [-0.05, 0) is 22.0 Å². The van der Waals surface area contributed by atoms with Crippen molar-refractivity contribution >= 4 is 15.9 Å². The Morgan fingerprint density at radius 1 is 1.44 bits per heavy atom. The van der Waals surface area contributed by atoms with Crippen LogP contribution in [-0.4, -0.2) is 19.7 Å². The molecule has 8 heteroatoms. The molecule has 0 spiro atoms. The highest BCUT2D eigenvalue weighted by molar-refractivity contribution is 9.10. The molecule has 0 aliphatic rings. The van der Waals surface area contributed by atoms with E-state index in [2.05, 4.69) is 26.0 Å². The molecular weight excluding hydrogens is 289 g/mol. The average molecular weight is 295 g/mol. The smallest absolute Gasteiger partial charge is 0.347 e. The van der Waals surface area contributed by atoms with Crippen molar-refractivity contribution in [3.63, 3.8) is 0 Å². The molecular formula is C8H6BrF3N4. The molecule has 0 saturated heterocycles. The summed E-state index contributed by atoms with van der Waals surface area (Å²) in [6.07, 6.45) is -2.80. The van der Waals surface area contributed by atoms with Gasteiger partial charge in [0.1, 0.15) is 0 Å². The highest BCUT2D eigenvalue weighted by Crippen LogP contribution is 2.28. The minimum Gasteiger partial charge on any atom is -0.347 e. The molecule has 4 nitrogen and oxygen atoms in total. The number of alkyl halides is 3. The molecule has 0 aliphatic heterocycles. The van der Waals surface area contributed by atoms with Gasteiger partial charge in [-0.3, -0.25) is 5.10 Å². The maximum absolute atomic E-state index is 12.3. The van der Waals surface area contributed by atoms with Crippen LogP contribution in [0.5, 0.6) is 0 Å². The van der Waals surface area contributed by atoms with Crippen LogP contribution in [0, 0.1) is 0 Å². The van der Waals surface area contributed by atoms with Crippen molar-refractivity contribution in [2.75, 3.05) is 0 Å². The first-order chi connectivity index (χ1) is 7.38. The lowest BCUT2D eigenvalue weighted by Crippen LogP contribution is -2.07. The lowest BCUT2D eigenvalue weighted by Gasteiger charge is -1.99. The van der Waals surface area contributed by atoms with E-state index in [4.69, 9.17) is 0 Å². The standard InChI is InChI=1S/C8H6BrF3N4/c1-16-3-4(9)2-5(16)6-13-7(15-14-6)8(10,11)12/h2-3H,1H3,(H,13,14,15). The molecule has 2 heterocycles. The van der Waals surface area contributed by atoms with Gasteiger partial charge in [-0.25, -0.2) is 4.98 Å². The Bertz CT molecular complexity index is 514. The molecule has 0 saturated carbocycles. The quantitative estimate of drug-likeness (QED) is 0.879. The van der Waals surface area contributed by atoms with Crippen molar-refractivity contribution < 1.29 is 13.2 Å². The Kier molecular flexibility index (Phi) is 2.53. The lowest BCUT2D eigenvalue weighted by atomic mass is 10.4. The zero-order chi connectivity index (χ0) is 11.9. The largest absolute Gasteiger partial charge is 0.451 e. The molecule has 0 radical (unpaired) electrons. The molecule has 2 aromatic rings. The number of rotatable bonds is 1. The summed E-state index contributed by atoms with van der Waals surface area (Å²) in [4.78, 5) is 3.39. The van der Waals surface area contributed by atoms with Crippen LogP contribution < -0.4 is 0 Å². The van der Waals surface area contributed by atoms with Crippen LogP contribution in [0.3, 0.4) is 0 Å². The van der Waals surface area contributed by atoms with Gasteiger partial charge in [0, 0.05) is 17.7 Å². The molecule has 16 heavy (non-hydrogen) atoms. The van der Waals surface area contributed by atoms with Crippen molar-refractivity contribution in [2.24, 2.45) is 7.05 Å². The van der Waals surface area contributed by atoms with Crippen LogP contribution in [-0.2, 0) is 13.2 Å². The maximum Gasteiger partial charge on any atom is 0.451 e. The fourth-order valence-electron chi connectivity index (χ4n) is 1.25. The molecule has 0 unspecified atom stereocenters. The number of hydrogen-bond donors (Lipinski definition) is 1. The molecule has 0 atom stereocenters. The van der Waals surface area contributed by atoms with Gasteiger partial charge in [-0.2, -0.15) is 18.3 Å². The van der Waals surface area contributed by atoms with E-state index in [0.29, 0.717) is 5.69 Å². The number of aromatic amines is 1. The predicted molar refractivity (Wildman–Crippen MR) is 53.5 cm³/mol. The first-order valence-corrected chi connectivity index (χ1v) is 4.99. The first-order valence-electron chi connectivity index (χ1n) is 4.20. The second kappa shape index (κ2) is 3.62. The normalized spacial score (nSPS) is 12.1. The number of aryl methyl sites for hydroxylation is 1. The van der Waals surface area contributed by atoms with Crippen molar-refractivity contribution in [1.29, 1.82) is 0 Å². The number of halogens is 4. The van der Waals surface area contributed by atoms with E-state index in [9.17, 15) is 13.2 Å².